The monoisotopic (exact) mass is 690 g/mol. The largest absolute Gasteiger partial charge is 0.489 e. The Hall–Kier alpha value is -5.58. The number of amides is 2. The zero-order chi connectivity index (χ0) is 34.0. The van der Waals surface area contributed by atoms with E-state index in [1.807, 2.05) is 85.8 Å². The minimum absolute atomic E-state index is 0.158. The zero-order valence-electron chi connectivity index (χ0n) is 26.4. The smallest absolute Gasteiger partial charge is 0.267 e. The van der Waals surface area contributed by atoms with Crippen molar-refractivity contribution in [3.05, 3.63) is 153 Å². The van der Waals surface area contributed by atoms with Crippen LogP contribution in [0.1, 0.15) is 28.0 Å². The molecule has 1 N–H and O–H groups in total. The number of carbonyl (C=O) groups is 2. The molecule has 0 saturated carbocycles. The Labute approximate surface area is 292 Å². The standard InChI is InChI=1S/C38H31ClN4O5S/c1-26-12-15-31(16-13-26)41-36(44)25-48-34-17-14-30(39)20-29(34)21-35-37(45)43(23-33-11-6-18-46-33)38(49-35)42-40-22-28-9-5-10-32(19-28)47-24-27-7-3-2-4-8-27/h2-22H,23-25H2,1H3,(H,41,44)/b35-21-,40-22-,42-38+. The highest BCUT2D eigenvalue weighted by Gasteiger charge is 2.34. The van der Waals surface area contributed by atoms with E-state index in [1.54, 1.807) is 48.9 Å². The molecule has 49 heavy (non-hydrogen) atoms. The number of rotatable bonds is 12. The Kier molecular flexibility index (Phi) is 10.9. The molecule has 0 atom stereocenters. The fourth-order valence-corrected chi connectivity index (χ4v) is 5.84. The number of halogens is 1. The van der Waals surface area contributed by atoms with Gasteiger partial charge >= 0.3 is 0 Å². The van der Waals surface area contributed by atoms with Crippen LogP contribution in [0.3, 0.4) is 0 Å². The van der Waals surface area contributed by atoms with Crippen LogP contribution in [-0.2, 0) is 22.7 Å². The van der Waals surface area contributed by atoms with Crippen molar-refractivity contribution in [3.8, 4) is 11.5 Å². The predicted octanol–water partition coefficient (Wildman–Crippen LogP) is 8.34. The van der Waals surface area contributed by atoms with Crippen LogP contribution in [0, 0.1) is 6.92 Å². The number of nitrogens with one attached hydrogen (secondary N) is 1. The summed E-state index contributed by atoms with van der Waals surface area (Å²) >= 11 is 7.49. The molecule has 1 aliphatic heterocycles. The van der Waals surface area contributed by atoms with E-state index in [2.05, 4.69) is 15.5 Å². The van der Waals surface area contributed by atoms with Gasteiger partial charge in [0.05, 0.1) is 23.9 Å². The van der Waals surface area contributed by atoms with Gasteiger partial charge in [0.15, 0.2) is 11.8 Å². The maximum Gasteiger partial charge on any atom is 0.267 e. The van der Waals surface area contributed by atoms with Crippen molar-refractivity contribution in [2.24, 2.45) is 10.2 Å². The van der Waals surface area contributed by atoms with E-state index in [9.17, 15) is 9.59 Å². The molecule has 0 spiro atoms. The molecule has 0 radical (unpaired) electrons. The second-order valence-corrected chi connectivity index (χ2v) is 12.4. The van der Waals surface area contributed by atoms with Gasteiger partial charge in [-0.05, 0) is 90.5 Å². The summed E-state index contributed by atoms with van der Waals surface area (Å²) in [6.45, 7) is 2.34. The van der Waals surface area contributed by atoms with Crippen molar-refractivity contribution in [1.29, 1.82) is 0 Å². The van der Waals surface area contributed by atoms with Crippen molar-refractivity contribution in [3.63, 3.8) is 0 Å². The summed E-state index contributed by atoms with van der Waals surface area (Å²) in [6, 6.07) is 33.4. The molecule has 2 amide bonds. The lowest BCUT2D eigenvalue weighted by molar-refractivity contribution is -0.122. The van der Waals surface area contributed by atoms with Gasteiger partial charge in [-0.1, -0.05) is 71.8 Å². The van der Waals surface area contributed by atoms with Gasteiger partial charge in [-0.2, -0.15) is 5.10 Å². The molecule has 5 aromatic rings. The summed E-state index contributed by atoms with van der Waals surface area (Å²) in [5.74, 6) is 1.05. The number of furan rings is 1. The third-order valence-corrected chi connectivity index (χ3v) is 8.42. The number of hydrogen-bond donors (Lipinski definition) is 1. The second kappa shape index (κ2) is 16.0. The summed E-state index contributed by atoms with van der Waals surface area (Å²) in [5, 5.41) is 12.3. The third-order valence-electron chi connectivity index (χ3n) is 7.19. The molecule has 0 aliphatic carbocycles. The molecule has 1 fully saturated rings. The fraction of sp³-hybridized carbons (Fsp3) is 0.105. The predicted molar refractivity (Wildman–Crippen MR) is 194 cm³/mol. The van der Waals surface area contributed by atoms with Crippen molar-refractivity contribution < 1.29 is 23.5 Å². The van der Waals surface area contributed by atoms with E-state index >= 15 is 0 Å². The SMILES string of the molecule is Cc1ccc(NC(=O)COc2ccc(Cl)cc2/C=C2\S/C(=N/N=C\c3cccc(OCc4ccccc4)c3)N(Cc3ccco3)C2=O)cc1. The van der Waals surface area contributed by atoms with Crippen molar-refractivity contribution in [1.82, 2.24) is 4.90 Å². The minimum atomic E-state index is -0.325. The van der Waals surface area contributed by atoms with Crippen LogP contribution >= 0.6 is 23.4 Å². The maximum absolute atomic E-state index is 13.7. The summed E-state index contributed by atoms with van der Waals surface area (Å²) in [7, 11) is 0. The lowest BCUT2D eigenvalue weighted by Crippen LogP contribution is -2.28. The number of nitrogens with zero attached hydrogens (tertiary/aromatic N) is 3. The summed E-state index contributed by atoms with van der Waals surface area (Å²) in [5.41, 5.74) is 4.13. The number of aryl methyl sites for hydroxylation is 1. The molecule has 9 nitrogen and oxygen atoms in total. The highest BCUT2D eigenvalue weighted by molar-refractivity contribution is 8.18. The van der Waals surface area contributed by atoms with Crippen molar-refractivity contribution >= 4 is 58.3 Å². The van der Waals surface area contributed by atoms with Crippen molar-refractivity contribution in [2.75, 3.05) is 11.9 Å². The van der Waals surface area contributed by atoms with Crippen LogP contribution in [-0.4, -0.2) is 34.7 Å². The molecular weight excluding hydrogens is 660 g/mol. The molecule has 1 aliphatic rings. The highest BCUT2D eigenvalue weighted by atomic mass is 35.5. The summed E-state index contributed by atoms with van der Waals surface area (Å²) in [4.78, 5) is 28.2. The van der Waals surface area contributed by atoms with Gasteiger partial charge in [0.25, 0.3) is 11.8 Å². The number of ether oxygens (including phenoxy) is 2. The van der Waals surface area contributed by atoms with E-state index in [4.69, 9.17) is 25.5 Å². The Morgan fingerprint density at radius 2 is 1.80 bits per heavy atom. The van der Waals surface area contributed by atoms with Gasteiger partial charge in [-0.15, -0.1) is 5.10 Å². The van der Waals surface area contributed by atoms with Gasteiger partial charge in [0.2, 0.25) is 0 Å². The van der Waals surface area contributed by atoms with Gasteiger partial charge in [-0.25, -0.2) is 0 Å². The molecule has 6 rings (SSSR count). The van der Waals surface area contributed by atoms with E-state index in [1.165, 1.54) is 4.90 Å². The maximum atomic E-state index is 13.7. The van der Waals surface area contributed by atoms with Gasteiger partial charge in [0.1, 0.15) is 23.9 Å². The lowest BCUT2D eigenvalue weighted by Gasteiger charge is -2.13. The van der Waals surface area contributed by atoms with Crippen LogP contribution in [0.5, 0.6) is 11.5 Å². The topological polar surface area (TPSA) is 106 Å². The molecule has 4 aromatic carbocycles. The lowest BCUT2D eigenvalue weighted by atomic mass is 10.2. The molecular formula is C38H31ClN4O5S. The number of thioether (sulfide) groups is 1. The third kappa shape index (κ3) is 9.28. The first kappa shape index (κ1) is 33.3. The average Bonchev–Trinajstić information content (AvgIpc) is 3.73. The van der Waals surface area contributed by atoms with E-state index < -0.39 is 0 Å². The normalized spacial score (nSPS) is 14.6. The molecule has 1 saturated heterocycles. The van der Waals surface area contributed by atoms with Crippen LogP contribution < -0.4 is 14.8 Å². The number of carbonyl (C=O) groups excluding carboxylic acids is 2. The molecule has 0 unspecified atom stereocenters. The van der Waals surface area contributed by atoms with Crippen LogP contribution in [0.15, 0.2) is 135 Å². The van der Waals surface area contributed by atoms with Crippen LogP contribution in [0.25, 0.3) is 6.08 Å². The Morgan fingerprint density at radius 3 is 2.59 bits per heavy atom. The first-order chi connectivity index (χ1) is 23.9. The first-order valence-corrected chi connectivity index (χ1v) is 16.5. The number of amidine groups is 1. The molecule has 246 valence electrons. The van der Waals surface area contributed by atoms with E-state index in [0.29, 0.717) is 50.2 Å². The molecule has 2 heterocycles. The molecule has 1 aromatic heterocycles. The summed E-state index contributed by atoms with van der Waals surface area (Å²) < 4.78 is 17.3. The Bertz CT molecular complexity index is 2010. The minimum Gasteiger partial charge on any atom is -0.489 e. The first-order valence-electron chi connectivity index (χ1n) is 15.3. The zero-order valence-corrected chi connectivity index (χ0v) is 28.0. The average molecular weight is 691 g/mol. The van der Waals surface area contributed by atoms with Gasteiger partial charge in [-0.3, -0.25) is 14.5 Å². The second-order valence-electron chi connectivity index (χ2n) is 10.9. The number of hydrogen-bond acceptors (Lipinski definition) is 8. The fourth-order valence-electron chi connectivity index (χ4n) is 4.73. The van der Waals surface area contributed by atoms with Crippen molar-refractivity contribution in [2.45, 2.75) is 20.1 Å². The molecule has 11 heteroatoms. The van der Waals surface area contributed by atoms with Crippen LogP contribution in [0.4, 0.5) is 5.69 Å². The number of benzene rings is 4. The molecule has 0 bridgehead atoms. The quantitative estimate of drug-likeness (QED) is 0.0802. The Morgan fingerprint density at radius 1 is 0.959 bits per heavy atom. The summed E-state index contributed by atoms with van der Waals surface area (Å²) in [6.07, 6.45) is 4.82. The number of anilines is 1. The Balaban J connectivity index is 1.18. The van der Waals surface area contributed by atoms with Gasteiger partial charge < -0.3 is 19.2 Å². The van der Waals surface area contributed by atoms with Crippen LogP contribution in [0.2, 0.25) is 5.02 Å². The van der Waals surface area contributed by atoms with Gasteiger partial charge in [0, 0.05) is 16.3 Å². The van der Waals surface area contributed by atoms with E-state index in [0.717, 1.165) is 28.5 Å². The highest BCUT2D eigenvalue weighted by Crippen LogP contribution is 2.36. The van der Waals surface area contributed by atoms with E-state index in [-0.39, 0.29) is 25.0 Å².